The first kappa shape index (κ1) is 15.9. The average molecular weight is 310 g/mol. The molecule has 1 N–H and O–H groups in total. The van der Waals surface area contributed by atoms with E-state index in [1.807, 2.05) is 6.92 Å². The Morgan fingerprint density at radius 1 is 1.14 bits per heavy atom. The fourth-order valence-electron chi connectivity index (χ4n) is 2.37. The maximum atomic E-state index is 13.8. The van der Waals surface area contributed by atoms with Crippen molar-refractivity contribution in [3.8, 4) is 0 Å². The summed E-state index contributed by atoms with van der Waals surface area (Å²) in [6.45, 7) is 4.38. The second kappa shape index (κ2) is 7.01. The van der Waals surface area contributed by atoms with Crippen LogP contribution < -0.4 is 5.32 Å². The largest absolute Gasteiger partial charge is 0.310 e. The highest BCUT2D eigenvalue weighted by molar-refractivity contribution is 6.31. The van der Waals surface area contributed by atoms with Crippen LogP contribution in [0.5, 0.6) is 0 Å². The van der Waals surface area contributed by atoms with Crippen molar-refractivity contribution in [2.75, 3.05) is 6.54 Å². The molecule has 0 heterocycles. The first-order valence-corrected chi connectivity index (χ1v) is 7.33. The van der Waals surface area contributed by atoms with Gasteiger partial charge in [0.15, 0.2) is 0 Å². The lowest BCUT2D eigenvalue weighted by Gasteiger charge is -2.21. The summed E-state index contributed by atoms with van der Waals surface area (Å²) in [5.74, 6) is -0.569. The summed E-state index contributed by atoms with van der Waals surface area (Å²) in [5, 5.41) is 3.65. The molecule has 0 aliphatic carbocycles. The van der Waals surface area contributed by atoms with E-state index in [2.05, 4.69) is 5.32 Å². The van der Waals surface area contributed by atoms with E-state index in [1.54, 1.807) is 31.2 Å². The van der Waals surface area contributed by atoms with Gasteiger partial charge in [0.2, 0.25) is 0 Å². The molecule has 1 unspecified atom stereocenters. The van der Waals surface area contributed by atoms with Crippen molar-refractivity contribution in [2.45, 2.75) is 26.3 Å². The molecule has 0 aromatic heterocycles. The molecular formula is C17H18ClF2N. The number of aryl methyl sites for hydroxylation is 1. The highest BCUT2D eigenvalue weighted by Gasteiger charge is 2.18. The number of likely N-dealkylation sites (N-methyl/N-ethyl adjacent to an activating group) is 1. The van der Waals surface area contributed by atoms with Gasteiger partial charge in [-0.1, -0.05) is 42.8 Å². The van der Waals surface area contributed by atoms with Gasteiger partial charge in [-0.2, -0.15) is 0 Å². The molecule has 0 saturated carbocycles. The van der Waals surface area contributed by atoms with Crippen LogP contribution in [0.15, 0.2) is 36.4 Å². The third kappa shape index (κ3) is 3.80. The maximum absolute atomic E-state index is 13.8. The van der Waals surface area contributed by atoms with E-state index >= 15 is 0 Å². The van der Waals surface area contributed by atoms with E-state index in [-0.39, 0.29) is 17.7 Å². The zero-order valence-corrected chi connectivity index (χ0v) is 12.8. The SMILES string of the molecule is CCNC(Cc1ccccc1F)c1cc(C)c(F)cc1Cl. The van der Waals surface area contributed by atoms with Crippen LogP contribution in [-0.4, -0.2) is 6.54 Å². The number of hydrogen-bond donors (Lipinski definition) is 1. The minimum atomic E-state index is -0.329. The number of halogens is 3. The fraction of sp³-hybridized carbons (Fsp3) is 0.294. The molecule has 0 fully saturated rings. The molecule has 4 heteroatoms. The standard InChI is InChI=1S/C17H18ClF2N/c1-3-21-17(9-12-6-4-5-7-15(12)19)13-8-11(2)16(20)10-14(13)18/h4-8,10,17,21H,3,9H2,1-2H3. The van der Waals surface area contributed by atoms with E-state index in [0.29, 0.717) is 29.1 Å². The molecule has 0 aliphatic heterocycles. The average Bonchev–Trinajstić information content (AvgIpc) is 2.45. The molecule has 2 aromatic rings. The topological polar surface area (TPSA) is 12.0 Å². The van der Waals surface area contributed by atoms with Crippen LogP contribution in [0, 0.1) is 18.6 Å². The third-order valence-corrected chi connectivity index (χ3v) is 3.81. The second-order valence-corrected chi connectivity index (χ2v) is 5.44. The summed E-state index contributed by atoms with van der Waals surface area (Å²) >= 11 is 6.16. The molecule has 0 radical (unpaired) electrons. The number of nitrogens with one attached hydrogen (secondary N) is 1. The van der Waals surface area contributed by atoms with Gasteiger partial charge >= 0.3 is 0 Å². The lowest BCUT2D eigenvalue weighted by molar-refractivity contribution is 0.526. The summed E-state index contributed by atoms with van der Waals surface area (Å²) in [7, 11) is 0. The smallest absolute Gasteiger partial charge is 0.127 e. The monoisotopic (exact) mass is 309 g/mol. The summed E-state index contributed by atoms with van der Waals surface area (Å²) in [4.78, 5) is 0. The van der Waals surface area contributed by atoms with Gasteiger partial charge in [-0.05, 0) is 48.7 Å². The molecule has 0 saturated heterocycles. The van der Waals surface area contributed by atoms with Crippen molar-refractivity contribution in [2.24, 2.45) is 0 Å². The first-order valence-electron chi connectivity index (χ1n) is 6.95. The lowest BCUT2D eigenvalue weighted by Crippen LogP contribution is -2.24. The Kier molecular flexibility index (Phi) is 5.32. The van der Waals surface area contributed by atoms with E-state index in [1.165, 1.54) is 12.1 Å². The lowest BCUT2D eigenvalue weighted by atomic mass is 9.97. The quantitative estimate of drug-likeness (QED) is 0.835. The zero-order chi connectivity index (χ0) is 15.4. The van der Waals surface area contributed by atoms with Crippen LogP contribution in [-0.2, 0) is 6.42 Å². The zero-order valence-electron chi connectivity index (χ0n) is 12.1. The van der Waals surface area contributed by atoms with Gasteiger partial charge in [0.25, 0.3) is 0 Å². The molecule has 0 amide bonds. The Labute approximate surface area is 128 Å². The van der Waals surface area contributed by atoms with Gasteiger partial charge in [0, 0.05) is 11.1 Å². The van der Waals surface area contributed by atoms with Crippen molar-refractivity contribution < 1.29 is 8.78 Å². The number of hydrogen-bond acceptors (Lipinski definition) is 1. The summed E-state index contributed by atoms with van der Waals surface area (Å²) < 4.78 is 27.4. The highest BCUT2D eigenvalue weighted by Crippen LogP contribution is 2.29. The predicted octanol–water partition coefficient (Wildman–Crippen LogP) is 4.82. The molecule has 1 nitrogen and oxygen atoms in total. The van der Waals surface area contributed by atoms with Crippen LogP contribution in [0.4, 0.5) is 8.78 Å². The molecule has 2 aromatic carbocycles. The number of rotatable bonds is 5. The maximum Gasteiger partial charge on any atom is 0.127 e. The summed E-state index contributed by atoms with van der Waals surface area (Å²) in [6.07, 6.45) is 0.464. The van der Waals surface area contributed by atoms with Crippen LogP contribution in [0.3, 0.4) is 0 Å². The van der Waals surface area contributed by atoms with E-state index in [9.17, 15) is 8.78 Å². The molecule has 112 valence electrons. The predicted molar refractivity (Wildman–Crippen MR) is 82.7 cm³/mol. The van der Waals surface area contributed by atoms with Crippen molar-refractivity contribution >= 4 is 11.6 Å². The van der Waals surface area contributed by atoms with Gasteiger partial charge in [-0.15, -0.1) is 0 Å². The molecule has 0 aliphatic rings. The third-order valence-electron chi connectivity index (χ3n) is 3.49. The van der Waals surface area contributed by atoms with Gasteiger partial charge in [0.05, 0.1) is 0 Å². The molecule has 2 rings (SSSR count). The Balaban J connectivity index is 2.35. The Hall–Kier alpha value is -1.45. The van der Waals surface area contributed by atoms with Gasteiger partial charge in [-0.25, -0.2) is 8.78 Å². The minimum Gasteiger partial charge on any atom is -0.310 e. The van der Waals surface area contributed by atoms with Gasteiger partial charge in [0.1, 0.15) is 11.6 Å². The van der Waals surface area contributed by atoms with Crippen LogP contribution in [0.25, 0.3) is 0 Å². The second-order valence-electron chi connectivity index (χ2n) is 5.03. The van der Waals surface area contributed by atoms with Gasteiger partial charge in [-0.3, -0.25) is 0 Å². The van der Waals surface area contributed by atoms with Crippen molar-refractivity contribution in [1.29, 1.82) is 0 Å². The minimum absolute atomic E-state index is 0.154. The van der Waals surface area contributed by atoms with E-state index in [4.69, 9.17) is 11.6 Å². The Bertz CT molecular complexity index is 628. The first-order chi connectivity index (χ1) is 10.0. The van der Waals surface area contributed by atoms with E-state index in [0.717, 1.165) is 5.56 Å². The van der Waals surface area contributed by atoms with Crippen molar-refractivity contribution in [3.05, 3.63) is 69.7 Å². The molecule has 0 bridgehead atoms. The van der Waals surface area contributed by atoms with Gasteiger partial charge < -0.3 is 5.32 Å². The molecule has 1 atom stereocenters. The Morgan fingerprint density at radius 3 is 2.52 bits per heavy atom. The molecule has 21 heavy (non-hydrogen) atoms. The Morgan fingerprint density at radius 2 is 1.86 bits per heavy atom. The molecule has 0 spiro atoms. The molecular weight excluding hydrogens is 292 g/mol. The fourth-order valence-corrected chi connectivity index (χ4v) is 2.65. The highest BCUT2D eigenvalue weighted by atomic mass is 35.5. The van der Waals surface area contributed by atoms with Crippen LogP contribution in [0.1, 0.15) is 29.7 Å². The summed E-state index contributed by atoms with van der Waals surface area (Å²) in [6, 6.07) is 9.55. The van der Waals surface area contributed by atoms with Crippen LogP contribution in [0.2, 0.25) is 5.02 Å². The number of benzene rings is 2. The normalized spacial score (nSPS) is 12.4. The van der Waals surface area contributed by atoms with E-state index < -0.39 is 0 Å². The van der Waals surface area contributed by atoms with Crippen molar-refractivity contribution in [3.63, 3.8) is 0 Å². The summed E-state index contributed by atoms with van der Waals surface area (Å²) in [5.41, 5.74) is 1.94. The van der Waals surface area contributed by atoms with Crippen molar-refractivity contribution in [1.82, 2.24) is 5.32 Å². The van der Waals surface area contributed by atoms with Crippen LogP contribution >= 0.6 is 11.6 Å².